The number of allylic oxidation sites excluding steroid dienone is 1. The molecule has 2 atom stereocenters. The Morgan fingerprint density at radius 2 is 1.04 bits per heavy atom. The molecular weight excluding hydrogens is 649 g/mol. The SMILES string of the molecule is CCCCCCCCCCCCCCCCCC/C=C\OC[C@H](COP(=O)([O-])OCC[N+](C)(C)C)OC(=O)CCCCCCCCCCCC. The van der Waals surface area contributed by atoms with E-state index >= 15 is 0 Å². The van der Waals surface area contributed by atoms with E-state index < -0.39 is 13.9 Å². The predicted molar refractivity (Wildman–Crippen MR) is 208 cm³/mol. The zero-order chi connectivity index (χ0) is 37.0. The fraction of sp³-hybridized carbons (Fsp3) is 0.927. The molecule has 9 heteroatoms. The third-order valence-corrected chi connectivity index (χ3v) is 10.1. The second-order valence-corrected chi connectivity index (χ2v) is 16.8. The standard InChI is InChI=1S/C41H82NO7P/c1-6-8-10-12-14-16-18-19-20-21-22-23-24-25-27-29-31-33-36-46-38-40(39-48-50(44,45)47-37-35-42(3,4)5)49-41(43)34-32-30-28-26-17-15-13-11-9-7-2/h33,36,40H,6-32,34-35,37-39H2,1-5H3/b36-33-/t40-/m1/s1. The molecule has 8 nitrogen and oxygen atoms in total. The average Bonchev–Trinajstić information content (AvgIpc) is 3.06. The largest absolute Gasteiger partial charge is 0.756 e. The van der Waals surface area contributed by atoms with Gasteiger partial charge in [0.1, 0.15) is 19.8 Å². The van der Waals surface area contributed by atoms with Crippen molar-refractivity contribution in [2.75, 3.05) is 47.5 Å². The average molecular weight is 732 g/mol. The number of quaternary nitrogens is 1. The topological polar surface area (TPSA) is 94.1 Å². The van der Waals surface area contributed by atoms with Crippen LogP contribution in [0.4, 0.5) is 0 Å². The minimum atomic E-state index is -4.53. The molecule has 0 aromatic rings. The van der Waals surface area contributed by atoms with Gasteiger partial charge in [-0.3, -0.25) is 9.36 Å². The molecule has 0 saturated heterocycles. The maximum Gasteiger partial charge on any atom is 0.306 e. The second-order valence-electron chi connectivity index (χ2n) is 15.4. The van der Waals surface area contributed by atoms with Gasteiger partial charge in [-0.1, -0.05) is 168 Å². The number of hydrogen-bond donors (Lipinski definition) is 0. The van der Waals surface area contributed by atoms with Gasteiger partial charge in [0, 0.05) is 6.42 Å². The van der Waals surface area contributed by atoms with Gasteiger partial charge in [0.15, 0.2) is 6.10 Å². The van der Waals surface area contributed by atoms with Crippen LogP contribution in [0.2, 0.25) is 0 Å². The fourth-order valence-corrected chi connectivity index (χ4v) is 6.59. The molecule has 0 saturated carbocycles. The van der Waals surface area contributed by atoms with Crippen LogP contribution < -0.4 is 4.89 Å². The van der Waals surface area contributed by atoms with Crippen LogP contribution in [-0.2, 0) is 27.9 Å². The molecule has 1 unspecified atom stereocenters. The molecule has 0 heterocycles. The Morgan fingerprint density at radius 3 is 1.48 bits per heavy atom. The van der Waals surface area contributed by atoms with Gasteiger partial charge in [0.2, 0.25) is 0 Å². The number of esters is 1. The van der Waals surface area contributed by atoms with Crippen LogP contribution >= 0.6 is 7.82 Å². The van der Waals surface area contributed by atoms with Crippen LogP contribution in [0, 0.1) is 0 Å². The van der Waals surface area contributed by atoms with Crippen molar-refractivity contribution in [2.45, 2.75) is 200 Å². The van der Waals surface area contributed by atoms with E-state index in [4.69, 9.17) is 18.5 Å². The van der Waals surface area contributed by atoms with Gasteiger partial charge in [-0.2, -0.15) is 0 Å². The van der Waals surface area contributed by atoms with Gasteiger partial charge in [-0.25, -0.2) is 0 Å². The van der Waals surface area contributed by atoms with Gasteiger partial charge in [0.05, 0.1) is 34.0 Å². The maximum absolute atomic E-state index is 12.6. The lowest BCUT2D eigenvalue weighted by Gasteiger charge is -2.28. The number of carbonyl (C=O) groups excluding carboxylic acids is 1. The first-order valence-electron chi connectivity index (χ1n) is 21.0. The molecule has 0 bridgehead atoms. The molecule has 0 aromatic carbocycles. The lowest BCUT2D eigenvalue weighted by Crippen LogP contribution is -2.37. The molecule has 50 heavy (non-hydrogen) atoms. The smallest absolute Gasteiger partial charge is 0.306 e. The first kappa shape index (κ1) is 49.1. The number of unbranched alkanes of at least 4 members (excludes halogenated alkanes) is 25. The van der Waals surface area contributed by atoms with Gasteiger partial charge >= 0.3 is 5.97 Å². The number of rotatable bonds is 39. The minimum Gasteiger partial charge on any atom is -0.756 e. The van der Waals surface area contributed by atoms with Crippen molar-refractivity contribution in [1.82, 2.24) is 0 Å². The molecule has 0 N–H and O–H groups in total. The summed E-state index contributed by atoms with van der Waals surface area (Å²) in [6.07, 6.45) is 37.5. The Morgan fingerprint density at radius 1 is 0.620 bits per heavy atom. The molecule has 298 valence electrons. The highest BCUT2D eigenvalue weighted by atomic mass is 31.2. The lowest BCUT2D eigenvalue weighted by atomic mass is 10.0. The van der Waals surface area contributed by atoms with E-state index in [0.717, 1.165) is 32.1 Å². The Balaban J connectivity index is 4.22. The van der Waals surface area contributed by atoms with Crippen molar-refractivity contribution in [3.63, 3.8) is 0 Å². The molecule has 0 rings (SSSR count). The predicted octanol–water partition coefficient (Wildman–Crippen LogP) is 11.6. The maximum atomic E-state index is 12.6. The van der Waals surface area contributed by atoms with Gasteiger partial charge in [0.25, 0.3) is 7.82 Å². The number of carbonyl (C=O) groups is 1. The Kier molecular flexibility index (Phi) is 34.5. The highest BCUT2D eigenvalue weighted by Gasteiger charge is 2.20. The summed E-state index contributed by atoms with van der Waals surface area (Å²) < 4.78 is 34.2. The normalized spacial score (nSPS) is 13.9. The van der Waals surface area contributed by atoms with Crippen LogP contribution in [0.15, 0.2) is 12.3 Å². The van der Waals surface area contributed by atoms with Crippen molar-refractivity contribution in [3.05, 3.63) is 12.3 Å². The van der Waals surface area contributed by atoms with E-state index in [0.29, 0.717) is 17.4 Å². The summed E-state index contributed by atoms with van der Waals surface area (Å²) in [5, 5.41) is 0. The fourth-order valence-electron chi connectivity index (χ4n) is 5.87. The molecular formula is C41H82NO7P. The number of ether oxygens (including phenoxy) is 2. The summed E-state index contributed by atoms with van der Waals surface area (Å²) in [4.78, 5) is 24.9. The number of hydrogen-bond acceptors (Lipinski definition) is 7. The summed E-state index contributed by atoms with van der Waals surface area (Å²) >= 11 is 0. The van der Waals surface area contributed by atoms with Crippen molar-refractivity contribution in [3.8, 4) is 0 Å². The van der Waals surface area contributed by atoms with E-state index in [2.05, 4.69) is 13.8 Å². The molecule has 0 amide bonds. The Labute approximate surface area is 310 Å². The third-order valence-electron chi connectivity index (χ3n) is 9.16. The Bertz CT molecular complexity index is 817. The Hall–Kier alpha value is -0.920. The molecule has 0 radical (unpaired) electrons. The van der Waals surface area contributed by atoms with Gasteiger partial charge in [-0.15, -0.1) is 0 Å². The van der Waals surface area contributed by atoms with Crippen molar-refractivity contribution in [1.29, 1.82) is 0 Å². The second kappa shape index (κ2) is 35.1. The molecule has 0 aliphatic rings. The summed E-state index contributed by atoms with van der Waals surface area (Å²) in [6, 6.07) is 0. The van der Waals surface area contributed by atoms with E-state index in [1.807, 2.05) is 27.2 Å². The van der Waals surface area contributed by atoms with Crippen LogP contribution in [0.3, 0.4) is 0 Å². The van der Waals surface area contributed by atoms with Gasteiger partial charge < -0.3 is 27.9 Å². The first-order chi connectivity index (χ1) is 24.1. The number of phosphoric acid groups is 1. The van der Waals surface area contributed by atoms with Crippen LogP contribution in [0.5, 0.6) is 0 Å². The van der Waals surface area contributed by atoms with Crippen molar-refractivity contribution >= 4 is 13.8 Å². The number of nitrogens with zero attached hydrogens (tertiary/aromatic N) is 1. The number of likely N-dealkylation sites (N-methyl/N-ethyl adjacent to an activating group) is 1. The first-order valence-corrected chi connectivity index (χ1v) is 22.4. The highest BCUT2D eigenvalue weighted by molar-refractivity contribution is 7.45. The van der Waals surface area contributed by atoms with E-state index in [1.54, 1.807) is 6.26 Å². The van der Waals surface area contributed by atoms with E-state index in [9.17, 15) is 14.3 Å². The molecule has 0 aliphatic carbocycles. The third kappa shape index (κ3) is 38.3. The zero-order valence-corrected chi connectivity index (χ0v) is 34.5. The molecule has 0 aromatic heterocycles. The molecule has 0 aliphatic heterocycles. The highest BCUT2D eigenvalue weighted by Crippen LogP contribution is 2.38. The lowest BCUT2D eigenvalue weighted by molar-refractivity contribution is -0.870. The van der Waals surface area contributed by atoms with Crippen LogP contribution in [0.1, 0.15) is 194 Å². The van der Waals surface area contributed by atoms with E-state index in [1.165, 1.54) is 141 Å². The monoisotopic (exact) mass is 732 g/mol. The van der Waals surface area contributed by atoms with Crippen molar-refractivity contribution < 1.29 is 37.3 Å². The van der Waals surface area contributed by atoms with E-state index in [-0.39, 0.29) is 25.8 Å². The number of phosphoric ester groups is 1. The summed E-state index contributed by atoms with van der Waals surface area (Å²) in [6.45, 7) is 4.74. The molecule has 0 fully saturated rings. The minimum absolute atomic E-state index is 0.0199. The summed E-state index contributed by atoms with van der Waals surface area (Å²) in [5.74, 6) is -0.356. The summed E-state index contributed by atoms with van der Waals surface area (Å²) in [7, 11) is 1.33. The van der Waals surface area contributed by atoms with Crippen molar-refractivity contribution in [2.24, 2.45) is 0 Å². The quantitative estimate of drug-likeness (QED) is 0.0204. The van der Waals surface area contributed by atoms with Crippen LogP contribution in [-0.4, -0.2) is 64.1 Å². The van der Waals surface area contributed by atoms with Crippen LogP contribution in [0.25, 0.3) is 0 Å². The molecule has 0 spiro atoms. The zero-order valence-electron chi connectivity index (χ0n) is 33.6. The summed E-state index contributed by atoms with van der Waals surface area (Å²) in [5.41, 5.74) is 0. The van der Waals surface area contributed by atoms with Gasteiger partial charge in [-0.05, 0) is 25.3 Å².